The van der Waals surface area contributed by atoms with Crippen molar-refractivity contribution < 1.29 is 5.11 Å². The summed E-state index contributed by atoms with van der Waals surface area (Å²) in [4.78, 5) is 0. The monoisotopic (exact) mass is 340 g/mol. The summed E-state index contributed by atoms with van der Waals surface area (Å²) < 4.78 is 0. The predicted molar refractivity (Wildman–Crippen MR) is 95.2 cm³/mol. The van der Waals surface area contributed by atoms with Gasteiger partial charge in [0.15, 0.2) is 0 Å². The molecule has 3 aromatic carbocycles. The van der Waals surface area contributed by atoms with Crippen molar-refractivity contribution in [1.82, 2.24) is 0 Å². The van der Waals surface area contributed by atoms with Crippen LogP contribution in [-0.2, 0) is 6.42 Å². The smallest absolute Gasteiger partial charge is 0.105 e. The summed E-state index contributed by atoms with van der Waals surface area (Å²) >= 11 is 12.1. The van der Waals surface area contributed by atoms with Crippen molar-refractivity contribution in [2.24, 2.45) is 0 Å². The first kappa shape index (κ1) is 14.8. The molecule has 0 aromatic heterocycles. The Labute approximate surface area is 145 Å². The van der Waals surface area contributed by atoms with E-state index in [1.54, 1.807) is 18.2 Å². The minimum absolute atomic E-state index is 0.480. The van der Waals surface area contributed by atoms with Crippen molar-refractivity contribution in [1.29, 1.82) is 0 Å². The Morgan fingerprint density at radius 3 is 2.43 bits per heavy atom. The molecule has 3 heteroatoms. The van der Waals surface area contributed by atoms with Gasteiger partial charge in [0.2, 0.25) is 0 Å². The molecule has 23 heavy (non-hydrogen) atoms. The van der Waals surface area contributed by atoms with E-state index >= 15 is 0 Å². The Kier molecular flexibility index (Phi) is 3.65. The Balaban J connectivity index is 1.73. The molecule has 0 spiro atoms. The Morgan fingerprint density at radius 2 is 1.61 bits per heavy atom. The van der Waals surface area contributed by atoms with Crippen molar-refractivity contribution in [2.45, 2.75) is 12.5 Å². The summed E-state index contributed by atoms with van der Waals surface area (Å²) in [6, 6.07) is 19.7. The number of halogens is 2. The van der Waals surface area contributed by atoms with Gasteiger partial charge in [-0.2, -0.15) is 0 Å². The molecule has 0 amide bonds. The van der Waals surface area contributed by atoms with Crippen LogP contribution in [0.1, 0.15) is 28.4 Å². The molecule has 1 aliphatic carbocycles. The summed E-state index contributed by atoms with van der Waals surface area (Å²) in [7, 11) is 0. The van der Waals surface area contributed by atoms with Gasteiger partial charge >= 0.3 is 0 Å². The van der Waals surface area contributed by atoms with Gasteiger partial charge < -0.3 is 5.11 Å². The van der Waals surface area contributed by atoms with E-state index < -0.39 is 6.10 Å². The van der Waals surface area contributed by atoms with Crippen LogP contribution in [0.25, 0.3) is 11.1 Å². The highest BCUT2D eigenvalue weighted by Crippen LogP contribution is 2.39. The number of aliphatic hydroxyl groups excluding tert-OH is 1. The van der Waals surface area contributed by atoms with E-state index in [4.69, 9.17) is 23.2 Å². The zero-order valence-corrected chi connectivity index (χ0v) is 13.8. The normalized spacial score (nSPS) is 13.5. The van der Waals surface area contributed by atoms with E-state index in [1.807, 2.05) is 6.07 Å². The molecule has 1 nitrogen and oxygen atoms in total. The van der Waals surface area contributed by atoms with Gasteiger partial charge in [0.05, 0.1) is 0 Å². The average molecular weight is 341 g/mol. The minimum atomic E-state index is -0.756. The minimum Gasteiger partial charge on any atom is -0.384 e. The van der Waals surface area contributed by atoms with Crippen LogP contribution >= 0.6 is 23.2 Å². The number of aliphatic hydroxyl groups is 1. The molecular weight excluding hydrogens is 327 g/mol. The van der Waals surface area contributed by atoms with Gasteiger partial charge in [-0.1, -0.05) is 71.7 Å². The average Bonchev–Trinajstić information content (AvgIpc) is 2.92. The summed E-state index contributed by atoms with van der Waals surface area (Å²) in [6.45, 7) is 0. The van der Waals surface area contributed by atoms with Crippen molar-refractivity contribution in [2.75, 3.05) is 0 Å². The summed E-state index contributed by atoms with van der Waals surface area (Å²) in [5.74, 6) is 0. The molecule has 0 radical (unpaired) electrons. The van der Waals surface area contributed by atoms with Gasteiger partial charge in [0.25, 0.3) is 0 Å². The predicted octanol–water partition coefficient (Wildman–Crippen LogP) is 5.65. The van der Waals surface area contributed by atoms with E-state index in [0.29, 0.717) is 15.6 Å². The van der Waals surface area contributed by atoms with E-state index in [-0.39, 0.29) is 0 Å². The third-order valence-electron chi connectivity index (χ3n) is 4.39. The molecule has 3 aromatic rings. The topological polar surface area (TPSA) is 20.2 Å². The lowest BCUT2D eigenvalue weighted by Crippen LogP contribution is -2.01. The highest BCUT2D eigenvalue weighted by atomic mass is 35.5. The maximum absolute atomic E-state index is 10.7. The van der Waals surface area contributed by atoms with E-state index in [1.165, 1.54) is 22.3 Å². The van der Waals surface area contributed by atoms with E-state index in [9.17, 15) is 5.11 Å². The largest absolute Gasteiger partial charge is 0.384 e. The molecule has 0 aliphatic heterocycles. The van der Waals surface area contributed by atoms with Crippen LogP contribution < -0.4 is 0 Å². The van der Waals surface area contributed by atoms with Gasteiger partial charge in [0, 0.05) is 15.6 Å². The molecule has 4 rings (SSSR count). The zero-order chi connectivity index (χ0) is 16.0. The van der Waals surface area contributed by atoms with Gasteiger partial charge in [-0.15, -0.1) is 0 Å². The van der Waals surface area contributed by atoms with Crippen LogP contribution in [0.3, 0.4) is 0 Å². The van der Waals surface area contributed by atoms with Crippen molar-refractivity contribution in [3.8, 4) is 11.1 Å². The molecule has 0 saturated carbocycles. The lowest BCUT2D eigenvalue weighted by atomic mass is 9.97. The molecule has 1 aliphatic rings. The third kappa shape index (κ3) is 2.55. The van der Waals surface area contributed by atoms with Crippen molar-refractivity contribution in [3.63, 3.8) is 0 Å². The van der Waals surface area contributed by atoms with Crippen LogP contribution in [0.15, 0.2) is 60.7 Å². The molecule has 1 N–H and O–H groups in total. The Hall–Kier alpha value is -1.80. The SMILES string of the molecule is O[C@H](c1ccc2c(c1)Cc1ccccc1-2)c1ccc(Cl)cc1Cl. The summed E-state index contributed by atoms with van der Waals surface area (Å²) in [6.07, 6.45) is 0.147. The van der Waals surface area contributed by atoms with Gasteiger partial charge in [-0.05, 0) is 46.4 Å². The first-order valence-electron chi connectivity index (χ1n) is 7.47. The quantitative estimate of drug-likeness (QED) is 0.500. The molecule has 0 unspecified atom stereocenters. The number of benzene rings is 3. The van der Waals surface area contributed by atoms with Crippen LogP contribution in [0, 0.1) is 0 Å². The molecular formula is C20H14Cl2O. The number of hydrogen-bond donors (Lipinski definition) is 1. The molecule has 0 fully saturated rings. The highest BCUT2D eigenvalue weighted by molar-refractivity contribution is 6.35. The standard InChI is InChI=1S/C20H14Cl2O/c21-15-6-8-18(19(22)11-15)20(23)13-5-7-17-14(10-13)9-12-3-1-2-4-16(12)17/h1-8,10-11,20,23H,9H2/t20-/m1/s1. The molecule has 114 valence electrons. The van der Waals surface area contributed by atoms with Crippen LogP contribution in [0.5, 0.6) is 0 Å². The maximum Gasteiger partial charge on any atom is 0.105 e. The van der Waals surface area contributed by atoms with Gasteiger partial charge in [-0.25, -0.2) is 0 Å². The highest BCUT2D eigenvalue weighted by Gasteiger charge is 2.21. The second kappa shape index (κ2) is 5.68. The second-order valence-corrected chi connectivity index (χ2v) is 6.66. The molecule has 0 heterocycles. The Morgan fingerprint density at radius 1 is 0.826 bits per heavy atom. The fourth-order valence-corrected chi connectivity index (χ4v) is 3.75. The lowest BCUT2D eigenvalue weighted by Gasteiger charge is -2.15. The van der Waals surface area contributed by atoms with Crippen molar-refractivity contribution >= 4 is 23.2 Å². The molecule has 1 atom stereocenters. The number of rotatable bonds is 2. The van der Waals surface area contributed by atoms with Gasteiger partial charge in [0.1, 0.15) is 6.10 Å². The van der Waals surface area contributed by atoms with Crippen LogP contribution in [0.2, 0.25) is 10.0 Å². The second-order valence-electron chi connectivity index (χ2n) is 5.82. The van der Waals surface area contributed by atoms with E-state index in [0.717, 1.165) is 12.0 Å². The summed E-state index contributed by atoms with van der Waals surface area (Å²) in [5.41, 5.74) is 6.63. The van der Waals surface area contributed by atoms with Crippen LogP contribution in [-0.4, -0.2) is 5.11 Å². The number of hydrogen-bond acceptors (Lipinski definition) is 1. The fraction of sp³-hybridized carbons (Fsp3) is 0.100. The van der Waals surface area contributed by atoms with Gasteiger partial charge in [-0.3, -0.25) is 0 Å². The molecule has 0 saturated heterocycles. The van der Waals surface area contributed by atoms with Crippen molar-refractivity contribution in [3.05, 3.63) is 93.0 Å². The lowest BCUT2D eigenvalue weighted by molar-refractivity contribution is 0.220. The number of fused-ring (bicyclic) bond motifs is 3. The third-order valence-corrected chi connectivity index (χ3v) is 4.95. The maximum atomic E-state index is 10.7. The molecule has 0 bridgehead atoms. The first-order chi connectivity index (χ1) is 11.1. The first-order valence-corrected chi connectivity index (χ1v) is 8.23. The Bertz CT molecular complexity index is 902. The summed E-state index contributed by atoms with van der Waals surface area (Å²) in [5, 5.41) is 11.7. The zero-order valence-electron chi connectivity index (χ0n) is 12.3. The van der Waals surface area contributed by atoms with E-state index in [2.05, 4.69) is 36.4 Å². The fourth-order valence-electron chi connectivity index (χ4n) is 3.24. The van der Waals surface area contributed by atoms with Crippen LogP contribution in [0.4, 0.5) is 0 Å².